The highest BCUT2D eigenvalue weighted by Gasteiger charge is 2.27. The second-order valence-electron chi connectivity index (χ2n) is 5.55. The lowest BCUT2D eigenvalue weighted by Crippen LogP contribution is -2.32. The van der Waals surface area contributed by atoms with Crippen molar-refractivity contribution in [3.8, 4) is 0 Å². The van der Waals surface area contributed by atoms with E-state index in [1.54, 1.807) is 6.20 Å². The van der Waals surface area contributed by atoms with E-state index in [-0.39, 0.29) is 6.04 Å². The van der Waals surface area contributed by atoms with Crippen LogP contribution in [0.2, 0.25) is 5.02 Å². The maximum atomic E-state index is 6.34. The van der Waals surface area contributed by atoms with Gasteiger partial charge in [-0.3, -0.25) is 4.68 Å². The van der Waals surface area contributed by atoms with Crippen molar-refractivity contribution in [2.75, 3.05) is 6.54 Å². The number of nitrogens with one attached hydrogen (secondary N) is 1. The Bertz CT molecular complexity index is 371. The lowest BCUT2D eigenvalue weighted by molar-refractivity contribution is 0.288. The molecule has 18 heavy (non-hydrogen) atoms. The molecule has 1 N–H and O–H groups in total. The molecule has 0 radical (unpaired) electrons. The molecule has 0 saturated carbocycles. The summed E-state index contributed by atoms with van der Waals surface area (Å²) in [5.41, 5.74) is 1.12. The minimum absolute atomic E-state index is 0.257. The molecule has 2 unspecified atom stereocenters. The van der Waals surface area contributed by atoms with E-state index in [0.29, 0.717) is 17.9 Å². The molecule has 4 heteroatoms. The Morgan fingerprint density at radius 2 is 1.89 bits per heavy atom. The van der Waals surface area contributed by atoms with E-state index in [9.17, 15) is 0 Å². The Hall–Kier alpha value is -0.540. The first-order chi connectivity index (χ1) is 8.40. The van der Waals surface area contributed by atoms with Crippen LogP contribution in [0.4, 0.5) is 0 Å². The van der Waals surface area contributed by atoms with E-state index >= 15 is 0 Å². The summed E-state index contributed by atoms with van der Waals surface area (Å²) in [7, 11) is 0. The second kappa shape index (κ2) is 6.58. The average Bonchev–Trinajstić information content (AvgIpc) is 2.67. The summed E-state index contributed by atoms with van der Waals surface area (Å²) >= 11 is 6.34. The highest BCUT2D eigenvalue weighted by Crippen LogP contribution is 2.33. The number of halogens is 1. The minimum Gasteiger partial charge on any atom is -0.309 e. The van der Waals surface area contributed by atoms with Gasteiger partial charge >= 0.3 is 0 Å². The zero-order valence-electron chi connectivity index (χ0n) is 12.4. The molecule has 3 nitrogen and oxygen atoms in total. The highest BCUT2D eigenvalue weighted by molar-refractivity contribution is 6.31. The van der Waals surface area contributed by atoms with Crippen molar-refractivity contribution < 1.29 is 0 Å². The summed E-state index contributed by atoms with van der Waals surface area (Å²) in [6.07, 6.45) is 1.76. The fraction of sp³-hybridized carbons (Fsp3) is 0.786. The first-order valence-electron chi connectivity index (χ1n) is 6.86. The van der Waals surface area contributed by atoms with Crippen LogP contribution in [-0.4, -0.2) is 16.3 Å². The third kappa shape index (κ3) is 3.27. The molecule has 1 heterocycles. The second-order valence-corrected chi connectivity index (χ2v) is 5.96. The molecule has 1 aromatic heterocycles. The van der Waals surface area contributed by atoms with Crippen molar-refractivity contribution in [3.63, 3.8) is 0 Å². The van der Waals surface area contributed by atoms with Crippen LogP contribution in [0.15, 0.2) is 6.20 Å². The van der Waals surface area contributed by atoms with E-state index in [2.05, 4.69) is 52.0 Å². The summed E-state index contributed by atoms with van der Waals surface area (Å²) in [5.74, 6) is 1.11. The van der Waals surface area contributed by atoms with Crippen LogP contribution in [0, 0.1) is 11.8 Å². The smallest absolute Gasteiger partial charge is 0.0834 e. The first kappa shape index (κ1) is 15.5. The Labute approximate surface area is 116 Å². The monoisotopic (exact) mass is 271 g/mol. The molecule has 104 valence electrons. The molecule has 1 rings (SSSR count). The van der Waals surface area contributed by atoms with Crippen molar-refractivity contribution in [2.45, 2.75) is 53.6 Å². The zero-order chi connectivity index (χ0) is 13.9. The van der Waals surface area contributed by atoms with Crippen molar-refractivity contribution in [1.82, 2.24) is 15.1 Å². The molecule has 0 fully saturated rings. The van der Waals surface area contributed by atoms with Gasteiger partial charge in [-0.1, -0.05) is 39.3 Å². The minimum atomic E-state index is 0.257. The third-order valence-electron chi connectivity index (χ3n) is 3.57. The molecule has 0 aliphatic rings. The lowest BCUT2D eigenvalue weighted by Gasteiger charge is -2.29. The standard InChI is InChI=1S/C14H26ClN3/c1-7-16-13(11(6)9(2)3)14-12(15)8-17-18(14)10(4)5/h8-11,13,16H,7H2,1-6H3. The van der Waals surface area contributed by atoms with Crippen LogP contribution in [0.1, 0.15) is 59.3 Å². The van der Waals surface area contributed by atoms with Crippen molar-refractivity contribution >= 4 is 11.6 Å². The van der Waals surface area contributed by atoms with Gasteiger partial charge < -0.3 is 5.32 Å². The maximum absolute atomic E-state index is 6.34. The third-order valence-corrected chi connectivity index (χ3v) is 3.86. The molecule has 0 spiro atoms. The molecule has 0 saturated heterocycles. The SMILES string of the molecule is CCNC(c1c(Cl)cnn1C(C)C)C(C)C(C)C. The molecule has 0 aliphatic heterocycles. The lowest BCUT2D eigenvalue weighted by atomic mass is 9.88. The number of nitrogens with zero attached hydrogens (tertiary/aromatic N) is 2. The predicted molar refractivity (Wildman–Crippen MR) is 78.0 cm³/mol. The van der Waals surface area contributed by atoms with Gasteiger partial charge in [0, 0.05) is 6.04 Å². The fourth-order valence-electron chi connectivity index (χ4n) is 2.19. The van der Waals surface area contributed by atoms with Crippen molar-refractivity contribution in [3.05, 3.63) is 16.9 Å². The quantitative estimate of drug-likeness (QED) is 0.846. The van der Waals surface area contributed by atoms with Crippen LogP contribution in [-0.2, 0) is 0 Å². The van der Waals surface area contributed by atoms with Gasteiger partial charge in [-0.25, -0.2) is 0 Å². The Morgan fingerprint density at radius 3 is 2.33 bits per heavy atom. The molecule has 0 bridgehead atoms. The van der Waals surface area contributed by atoms with Crippen LogP contribution in [0.5, 0.6) is 0 Å². The van der Waals surface area contributed by atoms with Crippen LogP contribution >= 0.6 is 11.6 Å². The number of hydrogen-bond donors (Lipinski definition) is 1. The first-order valence-corrected chi connectivity index (χ1v) is 7.24. The van der Waals surface area contributed by atoms with Gasteiger partial charge in [-0.05, 0) is 32.2 Å². The number of hydrogen-bond acceptors (Lipinski definition) is 2. The number of aromatic nitrogens is 2. The normalized spacial score (nSPS) is 15.4. The molecule has 0 aromatic carbocycles. The summed E-state index contributed by atoms with van der Waals surface area (Å²) < 4.78 is 2.04. The van der Waals surface area contributed by atoms with E-state index in [1.165, 1.54) is 0 Å². The predicted octanol–water partition coefficient (Wildman–Crippen LogP) is 4.06. The van der Waals surface area contributed by atoms with E-state index in [4.69, 9.17) is 11.6 Å². The molecular formula is C14H26ClN3. The zero-order valence-corrected chi connectivity index (χ0v) is 13.1. The largest absolute Gasteiger partial charge is 0.309 e. The Kier molecular flexibility index (Phi) is 5.67. The Balaban J connectivity index is 3.16. The Morgan fingerprint density at radius 1 is 1.28 bits per heavy atom. The van der Waals surface area contributed by atoms with E-state index in [0.717, 1.165) is 17.3 Å². The van der Waals surface area contributed by atoms with E-state index < -0.39 is 0 Å². The average molecular weight is 272 g/mol. The highest BCUT2D eigenvalue weighted by atomic mass is 35.5. The molecular weight excluding hydrogens is 246 g/mol. The van der Waals surface area contributed by atoms with Crippen LogP contribution in [0.25, 0.3) is 0 Å². The van der Waals surface area contributed by atoms with Crippen LogP contribution in [0.3, 0.4) is 0 Å². The van der Waals surface area contributed by atoms with Crippen LogP contribution < -0.4 is 5.32 Å². The fourth-order valence-corrected chi connectivity index (χ4v) is 2.44. The van der Waals surface area contributed by atoms with Gasteiger partial charge in [0.15, 0.2) is 0 Å². The molecule has 1 aromatic rings. The molecule has 2 atom stereocenters. The van der Waals surface area contributed by atoms with Gasteiger partial charge in [-0.15, -0.1) is 0 Å². The summed E-state index contributed by atoms with van der Waals surface area (Å²) in [6.45, 7) is 14.1. The van der Waals surface area contributed by atoms with Gasteiger partial charge in [0.2, 0.25) is 0 Å². The number of rotatable bonds is 6. The van der Waals surface area contributed by atoms with Gasteiger partial charge in [0.25, 0.3) is 0 Å². The van der Waals surface area contributed by atoms with Gasteiger partial charge in [0.1, 0.15) is 0 Å². The summed E-state index contributed by atoms with van der Waals surface area (Å²) in [5, 5.41) is 8.73. The van der Waals surface area contributed by atoms with Gasteiger partial charge in [-0.2, -0.15) is 5.10 Å². The maximum Gasteiger partial charge on any atom is 0.0834 e. The molecule has 0 aliphatic carbocycles. The summed E-state index contributed by atoms with van der Waals surface area (Å²) in [6, 6.07) is 0.584. The summed E-state index contributed by atoms with van der Waals surface area (Å²) in [4.78, 5) is 0. The molecule has 0 amide bonds. The topological polar surface area (TPSA) is 29.9 Å². The van der Waals surface area contributed by atoms with Crippen molar-refractivity contribution in [1.29, 1.82) is 0 Å². The van der Waals surface area contributed by atoms with Crippen molar-refractivity contribution in [2.24, 2.45) is 11.8 Å². The van der Waals surface area contributed by atoms with Gasteiger partial charge in [0.05, 0.1) is 23.0 Å². The van der Waals surface area contributed by atoms with E-state index in [1.807, 2.05) is 4.68 Å².